The number of anilines is 2. The average molecular weight is 375 g/mol. The summed E-state index contributed by atoms with van der Waals surface area (Å²) in [7, 11) is 1.56. The molecule has 0 unspecified atom stereocenters. The third-order valence-electron chi connectivity index (χ3n) is 4.71. The van der Waals surface area contributed by atoms with E-state index in [-0.39, 0.29) is 11.6 Å². The lowest BCUT2D eigenvalue weighted by molar-refractivity contribution is -0.385. The maximum absolute atomic E-state index is 13.3. The Morgan fingerprint density at radius 1 is 1.00 bits per heavy atom. The van der Waals surface area contributed by atoms with E-state index in [9.17, 15) is 14.9 Å². The molecule has 28 heavy (non-hydrogen) atoms. The summed E-state index contributed by atoms with van der Waals surface area (Å²) in [6.07, 6.45) is -0.725. The van der Waals surface area contributed by atoms with Crippen molar-refractivity contribution < 1.29 is 14.5 Å². The van der Waals surface area contributed by atoms with Crippen molar-refractivity contribution in [3.8, 4) is 5.75 Å². The first-order valence-electron chi connectivity index (χ1n) is 8.66. The Bertz CT molecular complexity index is 1050. The molecule has 1 aliphatic rings. The molecule has 3 aromatic rings. The maximum atomic E-state index is 13.3. The number of benzene rings is 3. The summed E-state index contributed by atoms with van der Waals surface area (Å²) in [5.74, 6) is 0.423. The van der Waals surface area contributed by atoms with Gasteiger partial charge in [0, 0.05) is 17.4 Å². The minimum atomic E-state index is -0.725. The molecule has 0 radical (unpaired) electrons. The minimum absolute atomic E-state index is 0.0503. The SMILES string of the molecule is COc1ccc(N2C(=O)c3ccccc3N[C@H]2c2ccccc2[N+](=O)[O-])cc1. The highest BCUT2D eigenvalue weighted by molar-refractivity contribution is 6.12. The molecule has 0 saturated carbocycles. The van der Waals surface area contributed by atoms with Gasteiger partial charge in [-0.15, -0.1) is 0 Å². The van der Waals surface area contributed by atoms with Gasteiger partial charge in [0.15, 0.2) is 0 Å². The number of rotatable bonds is 4. The van der Waals surface area contributed by atoms with Crippen molar-refractivity contribution in [1.29, 1.82) is 0 Å². The predicted octanol–water partition coefficient (Wildman–Crippen LogP) is 4.37. The maximum Gasteiger partial charge on any atom is 0.276 e. The van der Waals surface area contributed by atoms with E-state index in [0.29, 0.717) is 28.3 Å². The second-order valence-electron chi connectivity index (χ2n) is 6.28. The van der Waals surface area contributed by atoms with E-state index in [0.717, 1.165) is 0 Å². The van der Waals surface area contributed by atoms with Crippen LogP contribution in [0.2, 0.25) is 0 Å². The molecule has 4 rings (SSSR count). The summed E-state index contributed by atoms with van der Waals surface area (Å²) in [5.41, 5.74) is 2.11. The zero-order chi connectivity index (χ0) is 19.7. The van der Waals surface area contributed by atoms with Crippen molar-refractivity contribution in [2.24, 2.45) is 0 Å². The molecule has 0 bridgehead atoms. The molecule has 0 saturated heterocycles. The van der Waals surface area contributed by atoms with Gasteiger partial charge in [0.2, 0.25) is 0 Å². The van der Waals surface area contributed by atoms with Crippen LogP contribution in [0.4, 0.5) is 17.1 Å². The molecule has 3 aromatic carbocycles. The zero-order valence-corrected chi connectivity index (χ0v) is 15.0. The molecule has 0 spiro atoms. The molecule has 1 amide bonds. The van der Waals surface area contributed by atoms with Gasteiger partial charge in [-0.05, 0) is 42.5 Å². The van der Waals surface area contributed by atoms with Crippen LogP contribution in [0.5, 0.6) is 5.75 Å². The number of carbonyl (C=O) groups is 1. The lowest BCUT2D eigenvalue weighted by atomic mass is 10.0. The summed E-state index contributed by atoms with van der Waals surface area (Å²) < 4.78 is 5.19. The average Bonchev–Trinajstić information content (AvgIpc) is 2.74. The smallest absolute Gasteiger partial charge is 0.276 e. The summed E-state index contributed by atoms with van der Waals surface area (Å²) in [4.78, 5) is 26.0. The molecular weight excluding hydrogens is 358 g/mol. The number of fused-ring (bicyclic) bond motifs is 1. The van der Waals surface area contributed by atoms with Gasteiger partial charge in [-0.3, -0.25) is 19.8 Å². The van der Waals surface area contributed by atoms with Crippen molar-refractivity contribution in [2.45, 2.75) is 6.17 Å². The Morgan fingerprint density at radius 3 is 2.39 bits per heavy atom. The third-order valence-corrected chi connectivity index (χ3v) is 4.71. The number of nitro groups is 1. The van der Waals surface area contributed by atoms with Crippen molar-refractivity contribution >= 4 is 23.0 Å². The van der Waals surface area contributed by atoms with E-state index in [4.69, 9.17) is 4.74 Å². The first-order valence-corrected chi connectivity index (χ1v) is 8.66. The monoisotopic (exact) mass is 375 g/mol. The topological polar surface area (TPSA) is 84.7 Å². The quantitative estimate of drug-likeness (QED) is 0.540. The standard InChI is InChI=1S/C21H17N3O4/c1-28-15-12-10-14(11-13-15)23-20(17-7-3-5-9-19(17)24(26)27)22-18-8-4-2-6-16(18)21(23)25/h2-13,20,22H,1H3/t20-/m1/s1. The highest BCUT2D eigenvalue weighted by Crippen LogP contribution is 2.39. The summed E-state index contributed by atoms with van der Waals surface area (Å²) in [5, 5.41) is 14.9. The van der Waals surface area contributed by atoms with Gasteiger partial charge in [-0.2, -0.15) is 0 Å². The van der Waals surface area contributed by atoms with Crippen molar-refractivity contribution in [3.05, 3.63) is 94.0 Å². The number of amides is 1. The van der Waals surface area contributed by atoms with E-state index in [1.54, 1.807) is 67.8 Å². The van der Waals surface area contributed by atoms with Gasteiger partial charge in [0.1, 0.15) is 11.9 Å². The lowest BCUT2D eigenvalue weighted by Gasteiger charge is -2.37. The van der Waals surface area contributed by atoms with Crippen LogP contribution in [0.25, 0.3) is 0 Å². The molecule has 0 aromatic heterocycles. The van der Waals surface area contributed by atoms with Crippen molar-refractivity contribution in [3.63, 3.8) is 0 Å². The number of para-hydroxylation sites is 2. The molecule has 7 nitrogen and oxygen atoms in total. The van der Waals surface area contributed by atoms with Gasteiger partial charge in [-0.25, -0.2) is 0 Å². The van der Waals surface area contributed by atoms with Crippen LogP contribution >= 0.6 is 0 Å². The lowest BCUT2D eigenvalue weighted by Crippen LogP contribution is -2.43. The molecule has 1 heterocycles. The van der Waals surface area contributed by atoms with Crippen LogP contribution < -0.4 is 15.0 Å². The molecule has 140 valence electrons. The van der Waals surface area contributed by atoms with Gasteiger partial charge in [0.05, 0.1) is 23.2 Å². The fourth-order valence-electron chi connectivity index (χ4n) is 3.37. The third kappa shape index (κ3) is 2.92. The van der Waals surface area contributed by atoms with E-state index >= 15 is 0 Å². The number of carbonyl (C=O) groups excluding carboxylic acids is 1. The number of nitro benzene ring substituents is 1. The second kappa shape index (κ2) is 7.03. The van der Waals surface area contributed by atoms with Gasteiger partial charge in [0.25, 0.3) is 11.6 Å². The van der Waals surface area contributed by atoms with Crippen LogP contribution in [-0.2, 0) is 0 Å². The fourth-order valence-corrected chi connectivity index (χ4v) is 3.37. The molecule has 1 atom stereocenters. The van der Waals surface area contributed by atoms with Crippen LogP contribution in [0, 0.1) is 10.1 Å². The number of methoxy groups -OCH3 is 1. The van der Waals surface area contributed by atoms with Crippen LogP contribution in [0.1, 0.15) is 22.1 Å². The molecule has 7 heteroatoms. The largest absolute Gasteiger partial charge is 0.497 e. The highest BCUT2D eigenvalue weighted by atomic mass is 16.6. The number of ether oxygens (including phenoxy) is 1. The predicted molar refractivity (Wildman–Crippen MR) is 106 cm³/mol. The van der Waals surface area contributed by atoms with Crippen molar-refractivity contribution in [2.75, 3.05) is 17.3 Å². The van der Waals surface area contributed by atoms with Gasteiger partial charge in [-0.1, -0.05) is 24.3 Å². The molecule has 1 N–H and O–H groups in total. The Morgan fingerprint density at radius 2 is 1.68 bits per heavy atom. The van der Waals surface area contributed by atoms with Crippen LogP contribution in [0.3, 0.4) is 0 Å². The van der Waals surface area contributed by atoms with Crippen LogP contribution in [-0.4, -0.2) is 17.9 Å². The molecule has 1 aliphatic heterocycles. The first kappa shape index (κ1) is 17.5. The zero-order valence-electron chi connectivity index (χ0n) is 15.0. The summed E-state index contributed by atoms with van der Waals surface area (Å²) in [6, 6.07) is 20.6. The first-order chi connectivity index (χ1) is 13.6. The van der Waals surface area contributed by atoms with Gasteiger partial charge >= 0.3 is 0 Å². The minimum Gasteiger partial charge on any atom is -0.497 e. The van der Waals surface area contributed by atoms with E-state index in [1.165, 1.54) is 11.0 Å². The molecular formula is C21H17N3O4. The van der Waals surface area contributed by atoms with Crippen molar-refractivity contribution in [1.82, 2.24) is 0 Å². The van der Waals surface area contributed by atoms with E-state index in [2.05, 4.69) is 5.32 Å². The normalized spacial score (nSPS) is 15.5. The molecule has 0 aliphatic carbocycles. The van der Waals surface area contributed by atoms with Crippen LogP contribution in [0.15, 0.2) is 72.8 Å². The second-order valence-corrected chi connectivity index (χ2v) is 6.28. The Kier molecular flexibility index (Phi) is 4.41. The molecule has 0 fully saturated rings. The summed E-state index contributed by atoms with van der Waals surface area (Å²) >= 11 is 0. The van der Waals surface area contributed by atoms with Gasteiger partial charge < -0.3 is 10.1 Å². The number of hydrogen-bond donors (Lipinski definition) is 1. The Hall–Kier alpha value is -3.87. The number of nitrogens with zero attached hydrogens (tertiary/aromatic N) is 2. The fraction of sp³-hybridized carbons (Fsp3) is 0.0952. The number of hydrogen-bond acceptors (Lipinski definition) is 5. The number of nitrogens with one attached hydrogen (secondary N) is 1. The summed E-state index contributed by atoms with van der Waals surface area (Å²) in [6.45, 7) is 0. The van der Waals surface area contributed by atoms with E-state index < -0.39 is 11.1 Å². The Labute approximate surface area is 161 Å². The van der Waals surface area contributed by atoms with E-state index in [1.807, 2.05) is 6.07 Å². The highest BCUT2D eigenvalue weighted by Gasteiger charge is 2.37. The Balaban J connectivity index is 1.89.